The first-order valence-electron chi connectivity index (χ1n) is 8.04. The molecule has 0 bridgehead atoms. The van der Waals surface area contributed by atoms with Crippen molar-refractivity contribution in [2.75, 3.05) is 17.3 Å². The Kier molecular flexibility index (Phi) is 4.75. The first-order chi connectivity index (χ1) is 11.6. The van der Waals surface area contributed by atoms with Gasteiger partial charge in [-0.25, -0.2) is 4.98 Å². The second-order valence-corrected chi connectivity index (χ2v) is 6.02. The number of anilines is 3. The van der Waals surface area contributed by atoms with Crippen molar-refractivity contribution in [3.8, 4) is 0 Å². The Morgan fingerprint density at radius 3 is 2.54 bits per heavy atom. The minimum Gasteiger partial charge on any atom is -0.355 e. The van der Waals surface area contributed by atoms with E-state index in [2.05, 4.69) is 76.5 Å². The Hall–Kier alpha value is -2.88. The van der Waals surface area contributed by atoms with Crippen molar-refractivity contribution in [1.29, 1.82) is 0 Å². The van der Waals surface area contributed by atoms with Crippen LogP contribution in [0, 0.1) is 13.8 Å². The van der Waals surface area contributed by atoms with Crippen molar-refractivity contribution in [1.82, 2.24) is 9.97 Å². The SMILES string of the molecule is Cc1ccc(Nc2nccc(N(C)Cc3ccccc3)n2)c(C)c1. The zero-order chi connectivity index (χ0) is 16.9. The van der Waals surface area contributed by atoms with E-state index in [4.69, 9.17) is 0 Å². The molecule has 0 fully saturated rings. The lowest BCUT2D eigenvalue weighted by Gasteiger charge is -2.19. The fraction of sp³-hybridized carbons (Fsp3) is 0.200. The summed E-state index contributed by atoms with van der Waals surface area (Å²) < 4.78 is 0. The highest BCUT2D eigenvalue weighted by molar-refractivity contribution is 5.59. The summed E-state index contributed by atoms with van der Waals surface area (Å²) in [5, 5.41) is 3.31. The highest BCUT2D eigenvalue weighted by atomic mass is 15.2. The molecule has 0 spiro atoms. The molecule has 0 aliphatic heterocycles. The van der Waals surface area contributed by atoms with Gasteiger partial charge >= 0.3 is 0 Å². The van der Waals surface area contributed by atoms with Gasteiger partial charge in [-0.05, 0) is 37.1 Å². The van der Waals surface area contributed by atoms with E-state index >= 15 is 0 Å². The largest absolute Gasteiger partial charge is 0.355 e. The number of hydrogen-bond donors (Lipinski definition) is 1. The second kappa shape index (κ2) is 7.13. The van der Waals surface area contributed by atoms with E-state index in [9.17, 15) is 0 Å². The molecule has 2 aromatic carbocycles. The molecule has 0 aliphatic rings. The maximum atomic E-state index is 4.63. The summed E-state index contributed by atoms with van der Waals surface area (Å²) in [6.07, 6.45) is 1.79. The maximum absolute atomic E-state index is 4.63. The molecular formula is C20H22N4. The average molecular weight is 318 g/mol. The van der Waals surface area contributed by atoms with Crippen molar-refractivity contribution in [3.05, 3.63) is 77.5 Å². The molecule has 0 unspecified atom stereocenters. The summed E-state index contributed by atoms with van der Waals surface area (Å²) in [6.45, 7) is 4.98. The number of aryl methyl sites for hydroxylation is 2. The Morgan fingerprint density at radius 1 is 1.00 bits per heavy atom. The lowest BCUT2D eigenvalue weighted by molar-refractivity contribution is 0.893. The molecule has 122 valence electrons. The van der Waals surface area contributed by atoms with Gasteiger partial charge in [0.1, 0.15) is 5.82 Å². The molecule has 3 rings (SSSR count). The summed E-state index contributed by atoms with van der Waals surface area (Å²) in [4.78, 5) is 11.1. The minimum absolute atomic E-state index is 0.611. The van der Waals surface area contributed by atoms with Gasteiger partial charge in [-0.15, -0.1) is 0 Å². The second-order valence-electron chi connectivity index (χ2n) is 6.02. The van der Waals surface area contributed by atoms with Crippen LogP contribution in [-0.4, -0.2) is 17.0 Å². The van der Waals surface area contributed by atoms with Gasteiger partial charge in [0.25, 0.3) is 0 Å². The summed E-state index contributed by atoms with van der Waals surface area (Å²) >= 11 is 0. The Balaban J connectivity index is 1.76. The van der Waals surface area contributed by atoms with Gasteiger partial charge in [0.15, 0.2) is 0 Å². The van der Waals surface area contributed by atoms with Gasteiger partial charge in [-0.3, -0.25) is 0 Å². The van der Waals surface area contributed by atoms with E-state index in [1.54, 1.807) is 6.20 Å². The summed E-state index contributed by atoms with van der Waals surface area (Å²) in [6, 6.07) is 18.6. The number of benzene rings is 2. The molecular weight excluding hydrogens is 296 g/mol. The minimum atomic E-state index is 0.611. The van der Waals surface area contributed by atoms with Crippen LogP contribution in [0.15, 0.2) is 60.8 Å². The van der Waals surface area contributed by atoms with Crippen LogP contribution in [0.25, 0.3) is 0 Å². The highest BCUT2D eigenvalue weighted by Gasteiger charge is 2.07. The van der Waals surface area contributed by atoms with E-state index in [1.165, 1.54) is 16.7 Å². The van der Waals surface area contributed by atoms with Gasteiger partial charge in [0.05, 0.1) is 0 Å². The molecule has 0 amide bonds. The lowest BCUT2D eigenvalue weighted by atomic mass is 10.1. The molecule has 0 aliphatic carbocycles. The first kappa shape index (κ1) is 16.0. The number of rotatable bonds is 5. The summed E-state index contributed by atoms with van der Waals surface area (Å²) in [5.41, 5.74) is 4.71. The van der Waals surface area contributed by atoms with Crippen molar-refractivity contribution in [2.45, 2.75) is 20.4 Å². The average Bonchev–Trinajstić information content (AvgIpc) is 2.59. The highest BCUT2D eigenvalue weighted by Crippen LogP contribution is 2.21. The van der Waals surface area contributed by atoms with Crippen LogP contribution in [-0.2, 0) is 6.54 Å². The number of aromatic nitrogens is 2. The fourth-order valence-electron chi connectivity index (χ4n) is 2.63. The summed E-state index contributed by atoms with van der Waals surface area (Å²) in [5.74, 6) is 1.50. The Bertz CT molecular complexity index is 815. The van der Waals surface area contributed by atoms with Crippen LogP contribution in [0.1, 0.15) is 16.7 Å². The molecule has 0 saturated heterocycles. The zero-order valence-electron chi connectivity index (χ0n) is 14.3. The predicted molar refractivity (Wildman–Crippen MR) is 99.8 cm³/mol. The van der Waals surface area contributed by atoms with Crippen molar-refractivity contribution >= 4 is 17.5 Å². The van der Waals surface area contributed by atoms with Crippen LogP contribution < -0.4 is 10.2 Å². The van der Waals surface area contributed by atoms with Crippen LogP contribution in [0.5, 0.6) is 0 Å². The standard InChI is InChI=1S/C20H22N4/c1-15-9-10-18(16(2)13-15)22-20-21-12-11-19(23-20)24(3)14-17-7-5-4-6-8-17/h4-13H,14H2,1-3H3,(H,21,22,23). The monoisotopic (exact) mass is 318 g/mol. The third kappa shape index (κ3) is 3.90. The molecule has 3 aromatic rings. The van der Waals surface area contributed by atoms with Gasteiger partial charge in [0.2, 0.25) is 5.95 Å². The van der Waals surface area contributed by atoms with E-state index in [-0.39, 0.29) is 0 Å². The molecule has 4 nitrogen and oxygen atoms in total. The number of nitrogens with one attached hydrogen (secondary N) is 1. The molecule has 0 radical (unpaired) electrons. The molecule has 0 saturated carbocycles. The van der Waals surface area contributed by atoms with E-state index in [0.717, 1.165) is 18.1 Å². The van der Waals surface area contributed by atoms with Crippen LogP contribution in [0.4, 0.5) is 17.5 Å². The molecule has 1 N–H and O–H groups in total. The Labute approximate surface area is 143 Å². The normalized spacial score (nSPS) is 10.5. The van der Waals surface area contributed by atoms with Gasteiger partial charge in [-0.1, -0.05) is 48.0 Å². The third-order valence-corrected chi connectivity index (χ3v) is 3.92. The molecule has 0 atom stereocenters. The number of nitrogens with zero attached hydrogens (tertiary/aromatic N) is 3. The first-order valence-corrected chi connectivity index (χ1v) is 8.04. The molecule has 4 heteroatoms. The fourth-order valence-corrected chi connectivity index (χ4v) is 2.63. The van der Waals surface area contributed by atoms with Crippen molar-refractivity contribution in [3.63, 3.8) is 0 Å². The predicted octanol–water partition coefficient (Wildman–Crippen LogP) is 4.47. The molecule has 24 heavy (non-hydrogen) atoms. The van der Waals surface area contributed by atoms with Gasteiger partial charge < -0.3 is 10.2 Å². The van der Waals surface area contributed by atoms with Crippen LogP contribution in [0.2, 0.25) is 0 Å². The number of hydrogen-bond acceptors (Lipinski definition) is 4. The maximum Gasteiger partial charge on any atom is 0.229 e. The third-order valence-electron chi connectivity index (χ3n) is 3.92. The lowest BCUT2D eigenvalue weighted by Crippen LogP contribution is -2.18. The smallest absolute Gasteiger partial charge is 0.229 e. The molecule has 1 aromatic heterocycles. The molecule has 1 heterocycles. The van der Waals surface area contributed by atoms with E-state index < -0.39 is 0 Å². The van der Waals surface area contributed by atoms with Crippen LogP contribution in [0.3, 0.4) is 0 Å². The van der Waals surface area contributed by atoms with Gasteiger partial charge in [0, 0.05) is 25.5 Å². The summed E-state index contributed by atoms with van der Waals surface area (Å²) in [7, 11) is 2.04. The topological polar surface area (TPSA) is 41.1 Å². The van der Waals surface area contributed by atoms with Crippen LogP contribution >= 0.6 is 0 Å². The van der Waals surface area contributed by atoms with Crippen molar-refractivity contribution in [2.24, 2.45) is 0 Å². The van der Waals surface area contributed by atoms with E-state index in [0.29, 0.717) is 5.95 Å². The quantitative estimate of drug-likeness (QED) is 0.753. The van der Waals surface area contributed by atoms with Gasteiger partial charge in [-0.2, -0.15) is 4.98 Å². The Morgan fingerprint density at radius 2 is 1.79 bits per heavy atom. The zero-order valence-corrected chi connectivity index (χ0v) is 14.3. The van der Waals surface area contributed by atoms with E-state index in [1.807, 2.05) is 19.2 Å². The van der Waals surface area contributed by atoms with Crippen molar-refractivity contribution < 1.29 is 0 Å².